The van der Waals surface area contributed by atoms with Crippen LogP contribution < -0.4 is 0 Å². The van der Waals surface area contributed by atoms with E-state index in [4.69, 9.17) is 9.47 Å². The second-order valence-corrected chi connectivity index (χ2v) is 6.32. The molecule has 3 heterocycles. The number of carbonyl (C=O) groups excluding carboxylic acids is 1. The van der Waals surface area contributed by atoms with Crippen molar-refractivity contribution < 1.29 is 14.3 Å². The number of rotatable bonds is 5. The molecule has 0 N–H and O–H groups in total. The minimum Gasteiger partial charge on any atom is -0.348 e. The van der Waals surface area contributed by atoms with Crippen molar-refractivity contribution in [1.82, 2.24) is 14.7 Å². The van der Waals surface area contributed by atoms with Crippen LogP contribution >= 0.6 is 0 Å². The van der Waals surface area contributed by atoms with Gasteiger partial charge in [0.25, 0.3) is 5.91 Å². The second-order valence-electron chi connectivity index (χ2n) is 6.32. The predicted molar refractivity (Wildman–Crippen MR) is 86.2 cm³/mol. The van der Waals surface area contributed by atoms with E-state index in [-0.39, 0.29) is 18.2 Å². The lowest BCUT2D eigenvalue weighted by Crippen LogP contribution is -2.50. The number of hydrogen-bond acceptors (Lipinski definition) is 4. The Kier molecular flexibility index (Phi) is 5.33. The van der Waals surface area contributed by atoms with E-state index in [0.717, 1.165) is 38.6 Å². The molecule has 0 unspecified atom stereocenters. The van der Waals surface area contributed by atoms with Crippen LogP contribution in [0.5, 0.6) is 0 Å². The summed E-state index contributed by atoms with van der Waals surface area (Å²) in [7, 11) is 0. The fourth-order valence-electron chi connectivity index (χ4n) is 3.56. The normalized spacial score (nSPS) is 22.9. The van der Waals surface area contributed by atoms with Gasteiger partial charge in [-0.05, 0) is 38.2 Å². The van der Waals surface area contributed by atoms with Crippen LogP contribution in [0.3, 0.4) is 0 Å². The lowest BCUT2D eigenvalue weighted by molar-refractivity contribution is -0.100. The summed E-state index contributed by atoms with van der Waals surface area (Å²) in [4.78, 5) is 14.8. The Bertz CT molecular complexity index is 521. The summed E-state index contributed by atoms with van der Waals surface area (Å²) >= 11 is 0. The molecule has 0 aliphatic carbocycles. The number of likely N-dealkylation sites (tertiary alicyclic amines) is 1. The second kappa shape index (κ2) is 7.45. The molecular formula is C17H27N3O3. The number of piperidine rings is 1. The standard InChI is InChI=1S/C17H27N3O3/c1-3-13(4-2)20-10-8-14(18-20)16(21)19-9-6-5-7-15(19)17-22-11-12-23-17/h8,10,13,15,17H,3-7,9,11-12H2,1-2H3/t15-/m0/s1. The molecule has 2 saturated heterocycles. The molecule has 23 heavy (non-hydrogen) atoms. The first-order chi connectivity index (χ1) is 11.2. The highest BCUT2D eigenvalue weighted by molar-refractivity contribution is 5.92. The largest absolute Gasteiger partial charge is 0.348 e. The highest BCUT2D eigenvalue weighted by atomic mass is 16.7. The van der Waals surface area contributed by atoms with Crippen LogP contribution in [0.15, 0.2) is 12.3 Å². The van der Waals surface area contributed by atoms with Crippen LogP contribution in [0, 0.1) is 0 Å². The third kappa shape index (κ3) is 3.43. The third-order valence-electron chi connectivity index (χ3n) is 4.92. The fraction of sp³-hybridized carbons (Fsp3) is 0.765. The minimum atomic E-state index is -0.277. The molecular weight excluding hydrogens is 294 g/mol. The lowest BCUT2D eigenvalue weighted by Gasteiger charge is -2.37. The smallest absolute Gasteiger partial charge is 0.274 e. The number of ether oxygens (including phenoxy) is 2. The SMILES string of the molecule is CCC(CC)n1ccc(C(=O)N2CCCC[C@H]2C2OCCO2)n1. The molecule has 2 aliphatic heterocycles. The highest BCUT2D eigenvalue weighted by Crippen LogP contribution is 2.26. The average Bonchev–Trinajstić information content (AvgIpc) is 3.27. The van der Waals surface area contributed by atoms with Crippen LogP contribution in [-0.2, 0) is 9.47 Å². The molecule has 6 heteroatoms. The zero-order valence-electron chi connectivity index (χ0n) is 14.1. The maximum absolute atomic E-state index is 12.9. The molecule has 0 radical (unpaired) electrons. The van der Waals surface area contributed by atoms with Crippen molar-refractivity contribution in [2.75, 3.05) is 19.8 Å². The summed E-state index contributed by atoms with van der Waals surface area (Å²) in [5, 5.41) is 4.53. The molecule has 1 aromatic heterocycles. The van der Waals surface area contributed by atoms with Gasteiger partial charge in [0.2, 0.25) is 0 Å². The Morgan fingerprint density at radius 3 is 2.74 bits per heavy atom. The molecule has 0 bridgehead atoms. The Hall–Kier alpha value is -1.40. The monoisotopic (exact) mass is 321 g/mol. The van der Waals surface area contributed by atoms with Gasteiger partial charge >= 0.3 is 0 Å². The van der Waals surface area contributed by atoms with E-state index < -0.39 is 0 Å². The van der Waals surface area contributed by atoms with Crippen molar-refractivity contribution >= 4 is 5.91 Å². The van der Waals surface area contributed by atoms with Gasteiger partial charge in [0.1, 0.15) is 5.69 Å². The molecule has 1 atom stereocenters. The van der Waals surface area contributed by atoms with Gasteiger partial charge < -0.3 is 14.4 Å². The summed E-state index contributed by atoms with van der Waals surface area (Å²) in [6, 6.07) is 2.20. The number of amides is 1. The topological polar surface area (TPSA) is 56.6 Å². The van der Waals surface area contributed by atoms with Crippen molar-refractivity contribution in [1.29, 1.82) is 0 Å². The average molecular weight is 321 g/mol. The van der Waals surface area contributed by atoms with E-state index in [9.17, 15) is 4.79 Å². The van der Waals surface area contributed by atoms with Crippen molar-refractivity contribution in [3.05, 3.63) is 18.0 Å². The minimum absolute atomic E-state index is 0.00138. The molecule has 1 aromatic rings. The highest BCUT2D eigenvalue weighted by Gasteiger charge is 2.37. The van der Waals surface area contributed by atoms with Crippen LogP contribution in [0.2, 0.25) is 0 Å². The molecule has 2 aliphatic rings. The van der Waals surface area contributed by atoms with Gasteiger partial charge in [-0.15, -0.1) is 0 Å². The lowest BCUT2D eigenvalue weighted by atomic mass is 10.0. The Labute approximate surface area is 137 Å². The fourth-order valence-corrected chi connectivity index (χ4v) is 3.56. The van der Waals surface area contributed by atoms with E-state index in [1.165, 1.54) is 0 Å². The third-order valence-corrected chi connectivity index (χ3v) is 4.92. The Morgan fingerprint density at radius 1 is 1.30 bits per heavy atom. The first kappa shape index (κ1) is 16.5. The number of aromatic nitrogens is 2. The summed E-state index contributed by atoms with van der Waals surface area (Å²) in [5.41, 5.74) is 0.529. The van der Waals surface area contributed by atoms with Crippen molar-refractivity contribution in [2.24, 2.45) is 0 Å². The zero-order chi connectivity index (χ0) is 16.2. The van der Waals surface area contributed by atoms with Crippen molar-refractivity contribution in [3.63, 3.8) is 0 Å². The van der Waals surface area contributed by atoms with E-state index >= 15 is 0 Å². The molecule has 0 spiro atoms. The maximum Gasteiger partial charge on any atom is 0.274 e. The Morgan fingerprint density at radius 2 is 2.04 bits per heavy atom. The molecule has 1 amide bonds. The van der Waals surface area contributed by atoms with Gasteiger partial charge in [-0.1, -0.05) is 13.8 Å². The van der Waals surface area contributed by atoms with Crippen molar-refractivity contribution in [2.45, 2.75) is 64.3 Å². The predicted octanol–water partition coefficient (Wildman–Crippen LogP) is 2.61. The molecule has 6 nitrogen and oxygen atoms in total. The quantitative estimate of drug-likeness (QED) is 0.836. The zero-order valence-corrected chi connectivity index (χ0v) is 14.1. The van der Waals surface area contributed by atoms with Crippen LogP contribution in [-0.4, -0.2) is 52.7 Å². The number of nitrogens with zero attached hydrogens (tertiary/aromatic N) is 3. The molecule has 0 aromatic carbocycles. The van der Waals surface area contributed by atoms with Gasteiger partial charge in [0.15, 0.2) is 6.29 Å². The first-order valence-corrected chi connectivity index (χ1v) is 8.84. The first-order valence-electron chi connectivity index (χ1n) is 8.84. The van der Waals surface area contributed by atoms with Crippen LogP contribution in [0.1, 0.15) is 62.5 Å². The summed E-state index contributed by atoms with van der Waals surface area (Å²) in [6.45, 7) is 6.28. The van der Waals surface area contributed by atoms with Gasteiger partial charge in [-0.2, -0.15) is 5.10 Å². The molecule has 128 valence electrons. The Balaban J connectivity index is 1.74. The molecule has 0 saturated carbocycles. The van der Waals surface area contributed by atoms with E-state index in [0.29, 0.717) is 24.9 Å². The summed E-state index contributed by atoms with van der Waals surface area (Å²) < 4.78 is 13.2. The van der Waals surface area contributed by atoms with Gasteiger partial charge in [-0.3, -0.25) is 9.48 Å². The molecule has 3 rings (SSSR count). The number of carbonyl (C=O) groups is 1. The van der Waals surface area contributed by atoms with Gasteiger partial charge in [0.05, 0.1) is 25.3 Å². The summed E-state index contributed by atoms with van der Waals surface area (Å²) in [5.74, 6) is -0.00138. The summed E-state index contributed by atoms with van der Waals surface area (Å²) in [6.07, 6.45) is 6.75. The van der Waals surface area contributed by atoms with Gasteiger partial charge in [0, 0.05) is 12.7 Å². The van der Waals surface area contributed by atoms with E-state index in [1.54, 1.807) is 0 Å². The molecule has 2 fully saturated rings. The van der Waals surface area contributed by atoms with E-state index in [1.807, 2.05) is 21.8 Å². The maximum atomic E-state index is 12.9. The van der Waals surface area contributed by atoms with Crippen LogP contribution in [0.25, 0.3) is 0 Å². The number of hydrogen-bond donors (Lipinski definition) is 0. The van der Waals surface area contributed by atoms with Gasteiger partial charge in [-0.25, -0.2) is 0 Å². The van der Waals surface area contributed by atoms with Crippen molar-refractivity contribution in [3.8, 4) is 0 Å². The van der Waals surface area contributed by atoms with Crippen LogP contribution in [0.4, 0.5) is 0 Å². The van der Waals surface area contributed by atoms with E-state index in [2.05, 4.69) is 18.9 Å².